The molecule has 1 aromatic heterocycles. The van der Waals surface area contributed by atoms with Gasteiger partial charge < -0.3 is 4.74 Å². The van der Waals surface area contributed by atoms with Crippen molar-refractivity contribution in [3.8, 4) is 0 Å². The largest absolute Gasteiger partial charge is 0.462 e. The van der Waals surface area contributed by atoms with Gasteiger partial charge in [0.2, 0.25) is 0 Å². The van der Waals surface area contributed by atoms with Gasteiger partial charge in [-0.25, -0.2) is 0 Å². The molecular weight excluding hydrogens is 320 g/mol. The van der Waals surface area contributed by atoms with E-state index in [4.69, 9.17) is 4.74 Å². The van der Waals surface area contributed by atoms with Crippen LogP contribution in [0.3, 0.4) is 0 Å². The maximum absolute atomic E-state index is 11.9. The summed E-state index contributed by atoms with van der Waals surface area (Å²) in [4.78, 5) is 33.6. The van der Waals surface area contributed by atoms with Gasteiger partial charge in [0, 0.05) is 5.56 Å². The van der Waals surface area contributed by atoms with Gasteiger partial charge in [0.1, 0.15) is 6.54 Å². The smallest absolute Gasteiger partial charge is 0.326 e. The number of hydrogen-bond donors (Lipinski definition) is 0. The van der Waals surface area contributed by atoms with Crippen LogP contribution in [0.15, 0.2) is 15.5 Å². The summed E-state index contributed by atoms with van der Waals surface area (Å²) in [6, 6.07) is 0. The fourth-order valence-electron chi connectivity index (χ4n) is 1.44. The van der Waals surface area contributed by atoms with Crippen molar-refractivity contribution in [1.29, 1.82) is 0 Å². The molecule has 19 heavy (non-hydrogen) atoms. The Labute approximate surface area is 117 Å². The fraction of sp³-hybridized carbons (Fsp3) is 0.455. The lowest BCUT2D eigenvalue weighted by atomic mass is 10.2. The average Bonchev–Trinajstić information content (AvgIpc) is 2.28. The maximum atomic E-state index is 11.9. The van der Waals surface area contributed by atoms with E-state index in [0.29, 0.717) is 0 Å². The summed E-state index contributed by atoms with van der Waals surface area (Å²) < 4.78 is 5.92. The molecule has 0 bridgehead atoms. The van der Waals surface area contributed by atoms with Crippen LogP contribution in [-0.4, -0.2) is 21.6 Å². The van der Waals surface area contributed by atoms with Gasteiger partial charge in [0.25, 0.3) is 11.2 Å². The molecule has 0 aliphatic carbocycles. The van der Waals surface area contributed by atoms with Crippen molar-refractivity contribution < 1.29 is 14.5 Å². The standard InChI is InChI=1S/C11H13BrN2O5/c1-6(2)19-9(15)5-13-4-8(14(17)18)7(3)10(12)11(13)16/h4,6H,5H2,1-3H3. The van der Waals surface area contributed by atoms with E-state index in [1.54, 1.807) is 13.8 Å². The molecule has 1 aromatic rings. The van der Waals surface area contributed by atoms with Gasteiger partial charge >= 0.3 is 5.97 Å². The van der Waals surface area contributed by atoms with Crippen molar-refractivity contribution in [2.45, 2.75) is 33.4 Å². The summed E-state index contributed by atoms with van der Waals surface area (Å²) in [6.07, 6.45) is 0.733. The van der Waals surface area contributed by atoms with Gasteiger partial charge in [-0.15, -0.1) is 0 Å². The molecule has 0 fully saturated rings. The first-order valence-electron chi connectivity index (χ1n) is 5.47. The molecule has 1 heterocycles. The van der Waals surface area contributed by atoms with E-state index in [1.807, 2.05) is 0 Å². The molecule has 0 radical (unpaired) electrons. The van der Waals surface area contributed by atoms with Crippen LogP contribution < -0.4 is 5.56 Å². The van der Waals surface area contributed by atoms with Crippen LogP contribution in [-0.2, 0) is 16.1 Å². The molecule has 7 nitrogen and oxygen atoms in total. The normalized spacial score (nSPS) is 10.6. The maximum Gasteiger partial charge on any atom is 0.326 e. The van der Waals surface area contributed by atoms with Crippen LogP contribution in [0.1, 0.15) is 19.4 Å². The molecule has 0 amide bonds. The average molecular weight is 333 g/mol. The number of carbonyl (C=O) groups is 1. The van der Waals surface area contributed by atoms with Crippen LogP contribution in [0.25, 0.3) is 0 Å². The van der Waals surface area contributed by atoms with Gasteiger partial charge in [0.05, 0.1) is 21.7 Å². The van der Waals surface area contributed by atoms with E-state index in [2.05, 4.69) is 15.9 Å². The topological polar surface area (TPSA) is 91.4 Å². The highest BCUT2D eigenvalue weighted by Crippen LogP contribution is 2.22. The number of nitrogens with zero attached hydrogens (tertiary/aromatic N) is 2. The number of nitro groups is 1. The second-order valence-electron chi connectivity index (χ2n) is 4.18. The molecule has 0 saturated carbocycles. The van der Waals surface area contributed by atoms with Crippen molar-refractivity contribution in [2.75, 3.05) is 0 Å². The first kappa shape index (κ1) is 15.4. The zero-order valence-corrected chi connectivity index (χ0v) is 12.3. The van der Waals surface area contributed by atoms with Crippen molar-refractivity contribution in [2.24, 2.45) is 0 Å². The molecule has 0 saturated heterocycles. The highest BCUT2D eigenvalue weighted by Gasteiger charge is 2.20. The fourth-order valence-corrected chi connectivity index (χ4v) is 1.87. The van der Waals surface area contributed by atoms with Crippen LogP contribution >= 0.6 is 15.9 Å². The number of ether oxygens (including phenoxy) is 1. The Kier molecular flexibility index (Phi) is 4.82. The van der Waals surface area contributed by atoms with Crippen LogP contribution in [0.2, 0.25) is 0 Å². The first-order chi connectivity index (χ1) is 8.73. The molecule has 8 heteroatoms. The molecule has 0 aliphatic rings. The summed E-state index contributed by atoms with van der Waals surface area (Å²) in [5, 5.41) is 10.9. The number of halogens is 1. The molecule has 0 atom stereocenters. The number of carbonyl (C=O) groups excluding carboxylic acids is 1. The van der Waals surface area contributed by atoms with E-state index in [9.17, 15) is 19.7 Å². The lowest BCUT2D eigenvalue weighted by Gasteiger charge is -2.10. The van der Waals surface area contributed by atoms with E-state index in [-0.39, 0.29) is 28.4 Å². The van der Waals surface area contributed by atoms with E-state index >= 15 is 0 Å². The number of pyridine rings is 1. The quantitative estimate of drug-likeness (QED) is 0.476. The van der Waals surface area contributed by atoms with Gasteiger partial charge in [-0.05, 0) is 36.7 Å². The Hall–Kier alpha value is -1.70. The number of rotatable bonds is 4. The minimum Gasteiger partial charge on any atom is -0.462 e. The third kappa shape index (κ3) is 3.63. The van der Waals surface area contributed by atoms with Gasteiger partial charge in [-0.2, -0.15) is 0 Å². The van der Waals surface area contributed by atoms with E-state index in [0.717, 1.165) is 10.8 Å². The minimum absolute atomic E-state index is 0.0686. The predicted molar refractivity (Wildman–Crippen MR) is 71.0 cm³/mol. The SMILES string of the molecule is Cc1c([N+](=O)[O-])cn(CC(=O)OC(C)C)c(=O)c1Br. The summed E-state index contributed by atoms with van der Waals surface area (Å²) in [7, 11) is 0. The molecule has 0 N–H and O–H groups in total. The molecule has 0 aliphatic heterocycles. The Balaban J connectivity index is 3.19. The van der Waals surface area contributed by atoms with E-state index in [1.165, 1.54) is 6.92 Å². The molecule has 1 rings (SSSR count). The summed E-state index contributed by atoms with van der Waals surface area (Å²) >= 11 is 3.00. The van der Waals surface area contributed by atoms with Gasteiger partial charge in [0.15, 0.2) is 0 Å². The molecule has 0 unspecified atom stereocenters. The third-order valence-corrected chi connectivity index (χ3v) is 3.24. The minimum atomic E-state index is -0.623. The van der Waals surface area contributed by atoms with Crippen LogP contribution in [0.5, 0.6) is 0 Å². The van der Waals surface area contributed by atoms with Crippen molar-refractivity contribution in [1.82, 2.24) is 4.57 Å². The highest BCUT2D eigenvalue weighted by molar-refractivity contribution is 9.10. The summed E-state index contributed by atoms with van der Waals surface area (Å²) in [5.41, 5.74) is -0.517. The molecule has 104 valence electrons. The number of hydrogen-bond acceptors (Lipinski definition) is 5. The number of esters is 1. The summed E-state index contributed by atoms with van der Waals surface area (Å²) in [5.74, 6) is -0.623. The Morgan fingerprint density at radius 3 is 2.63 bits per heavy atom. The lowest BCUT2D eigenvalue weighted by Crippen LogP contribution is -2.27. The Morgan fingerprint density at radius 1 is 1.58 bits per heavy atom. The predicted octanol–water partition coefficient (Wildman–Crippen LogP) is 1.78. The monoisotopic (exact) mass is 332 g/mol. The van der Waals surface area contributed by atoms with Crippen molar-refractivity contribution in [3.63, 3.8) is 0 Å². The highest BCUT2D eigenvalue weighted by atomic mass is 79.9. The molecular formula is C11H13BrN2O5. The second-order valence-corrected chi connectivity index (χ2v) is 4.98. The lowest BCUT2D eigenvalue weighted by molar-refractivity contribution is -0.386. The van der Waals surface area contributed by atoms with E-state index < -0.39 is 16.5 Å². The van der Waals surface area contributed by atoms with Gasteiger partial charge in [-0.1, -0.05) is 0 Å². The second kappa shape index (κ2) is 5.96. The van der Waals surface area contributed by atoms with Gasteiger partial charge in [-0.3, -0.25) is 24.3 Å². The van der Waals surface area contributed by atoms with Crippen LogP contribution in [0.4, 0.5) is 5.69 Å². The van der Waals surface area contributed by atoms with Crippen LogP contribution in [0, 0.1) is 17.0 Å². The number of aromatic nitrogens is 1. The van der Waals surface area contributed by atoms with Crippen molar-refractivity contribution in [3.05, 3.63) is 36.7 Å². The zero-order valence-electron chi connectivity index (χ0n) is 10.7. The Morgan fingerprint density at radius 2 is 2.16 bits per heavy atom. The molecule has 0 aromatic carbocycles. The zero-order chi connectivity index (χ0) is 14.7. The molecule has 0 spiro atoms. The summed E-state index contributed by atoms with van der Waals surface area (Å²) in [6.45, 7) is 4.44. The first-order valence-corrected chi connectivity index (χ1v) is 6.26. The Bertz CT molecular complexity index is 579. The third-order valence-electron chi connectivity index (χ3n) is 2.30. The van der Waals surface area contributed by atoms with Crippen molar-refractivity contribution >= 4 is 27.6 Å².